The van der Waals surface area contributed by atoms with Gasteiger partial charge in [-0.2, -0.15) is 15.2 Å². The molecule has 0 aliphatic carbocycles. The highest BCUT2D eigenvalue weighted by Crippen LogP contribution is 2.35. The van der Waals surface area contributed by atoms with Gasteiger partial charge in [0, 0.05) is 5.56 Å². The van der Waals surface area contributed by atoms with Gasteiger partial charge in [-0.05, 0) is 42.8 Å². The fourth-order valence-corrected chi connectivity index (χ4v) is 3.17. The summed E-state index contributed by atoms with van der Waals surface area (Å²) in [5.74, 6) is -1.56. The monoisotopic (exact) mass is 414 g/mol. The number of rotatable bonds is 5. The van der Waals surface area contributed by atoms with Gasteiger partial charge < -0.3 is 10.2 Å². The number of carboxylic acid groups (broad SMARTS) is 1. The van der Waals surface area contributed by atoms with E-state index in [0.717, 1.165) is 0 Å². The third kappa shape index (κ3) is 3.86. The van der Waals surface area contributed by atoms with Crippen molar-refractivity contribution < 1.29 is 19.8 Å². The fourth-order valence-electron chi connectivity index (χ4n) is 3.17. The molecule has 0 fully saturated rings. The maximum Gasteiger partial charge on any atom is 0.335 e. The number of amides is 1. The number of carbonyl (C=O) groups is 2. The Labute approximate surface area is 177 Å². The zero-order chi connectivity index (χ0) is 22.0. The Hall–Kier alpha value is -4.46. The highest BCUT2D eigenvalue weighted by Gasteiger charge is 2.30. The van der Waals surface area contributed by atoms with Crippen molar-refractivity contribution in [2.24, 2.45) is 10.2 Å². The molecule has 3 N–H and O–H groups in total. The zero-order valence-corrected chi connectivity index (χ0v) is 16.5. The van der Waals surface area contributed by atoms with Crippen molar-refractivity contribution in [1.29, 1.82) is 0 Å². The molecule has 154 valence electrons. The van der Waals surface area contributed by atoms with Crippen molar-refractivity contribution in [2.45, 2.75) is 6.92 Å². The van der Waals surface area contributed by atoms with Gasteiger partial charge in [0.15, 0.2) is 5.71 Å². The second-order valence-electron chi connectivity index (χ2n) is 6.80. The van der Waals surface area contributed by atoms with Gasteiger partial charge in [0.2, 0.25) is 0 Å². The number of nitrogens with one attached hydrogen (secondary N) is 1. The second kappa shape index (κ2) is 8.11. The molecule has 0 saturated carbocycles. The van der Waals surface area contributed by atoms with E-state index in [1.54, 1.807) is 49.4 Å². The minimum Gasteiger partial charge on any atom is -0.505 e. The van der Waals surface area contributed by atoms with Gasteiger partial charge in [0.1, 0.15) is 5.75 Å². The molecule has 1 heterocycles. The van der Waals surface area contributed by atoms with E-state index >= 15 is 0 Å². The van der Waals surface area contributed by atoms with Crippen molar-refractivity contribution in [1.82, 2.24) is 0 Å². The predicted octanol–water partition coefficient (Wildman–Crippen LogP) is 3.95. The minimum atomic E-state index is -1.06. The molecule has 0 bridgehead atoms. The summed E-state index contributed by atoms with van der Waals surface area (Å²) in [6, 6.07) is 20.2. The van der Waals surface area contributed by atoms with Crippen LogP contribution in [0.2, 0.25) is 0 Å². The van der Waals surface area contributed by atoms with Gasteiger partial charge in [0.05, 0.1) is 22.6 Å². The van der Waals surface area contributed by atoms with E-state index in [-0.39, 0.29) is 28.6 Å². The summed E-state index contributed by atoms with van der Waals surface area (Å²) in [5, 5.41) is 29.6. The average Bonchev–Trinajstić information content (AvgIpc) is 3.07. The van der Waals surface area contributed by atoms with Crippen LogP contribution in [0, 0.1) is 0 Å². The zero-order valence-electron chi connectivity index (χ0n) is 16.5. The van der Waals surface area contributed by atoms with Gasteiger partial charge in [-0.25, -0.2) is 4.79 Å². The summed E-state index contributed by atoms with van der Waals surface area (Å²) >= 11 is 0. The first-order valence-electron chi connectivity index (χ1n) is 9.40. The largest absolute Gasteiger partial charge is 0.505 e. The van der Waals surface area contributed by atoms with Crippen LogP contribution in [0.4, 0.5) is 11.4 Å². The number of aromatic carboxylic acids is 1. The third-order valence-corrected chi connectivity index (χ3v) is 4.73. The van der Waals surface area contributed by atoms with Gasteiger partial charge in [0.25, 0.3) is 0 Å². The summed E-state index contributed by atoms with van der Waals surface area (Å²) in [6.45, 7) is 1.68. The van der Waals surface area contributed by atoms with Crippen LogP contribution in [0.3, 0.4) is 0 Å². The molecule has 0 saturated heterocycles. The first-order valence-corrected chi connectivity index (χ1v) is 9.40. The number of aromatic hydroxyl groups is 1. The number of hydrogen-bond donors (Lipinski definition) is 3. The van der Waals surface area contributed by atoms with Crippen LogP contribution in [0.1, 0.15) is 17.3 Å². The van der Waals surface area contributed by atoms with E-state index in [0.29, 0.717) is 22.5 Å². The number of carbonyl (C=O) groups excluding carboxylic acids is 1. The van der Waals surface area contributed by atoms with Crippen LogP contribution in [0.25, 0.3) is 11.1 Å². The van der Waals surface area contributed by atoms with E-state index in [9.17, 15) is 19.8 Å². The number of anilines is 2. The van der Waals surface area contributed by atoms with Crippen LogP contribution in [-0.4, -0.2) is 33.5 Å². The maximum atomic E-state index is 12.7. The van der Waals surface area contributed by atoms with Gasteiger partial charge in [-0.3, -0.25) is 10.2 Å². The molecular formula is C23H18N4O4. The number of benzene rings is 3. The molecule has 4 rings (SSSR count). The number of hydrazone groups is 2. The highest BCUT2D eigenvalue weighted by molar-refractivity contribution is 6.71. The topological polar surface area (TPSA) is 115 Å². The van der Waals surface area contributed by atoms with E-state index in [1.807, 2.05) is 18.2 Å². The Bertz CT molecular complexity index is 1240. The Morgan fingerprint density at radius 3 is 2.52 bits per heavy atom. The standard InChI is InChI=1S/C23H18N4O4/c1-14-20(22(29)27(26-14)17-9-3-2-4-10-17)25-24-19-12-6-11-18(21(19)28)15-7-5-8-16(13-15)23(30)31/h2-13,24,28H,1H3,(H,30,31). The lowest BCUT2D eigenvalue weighted by atomic mass is 10.0. The molecule has 0 aromatic heterocycles. The second-order valence-corrected chi connectivity index (χ2v) is 6.80. The maximum absolute atomic E-state index is 12.7. The van der Waals surface area contributed by atoms with Gasteiger partial charge in [-0.1, -0.05) is 42.5 Å². The van der Waals surface area contributed by atoms with E-state index in [2.05, 4.69) is 15.6 Å². The van der Waals surface area contributed by atoms with Crippen LogP contribution in [0.5, 0.6) is 5.75 Å². The van der Waals surface area contributed by atoms with Crippen LogP contribution < -0.4 is 10.4 Å². The number of phenols is 1. The van der Waals surface area contributed by atoms with E-state index in [4.69, 9.17) is 0 Å². The Kier molecular flexibility index (Phi) is 5.19. The van der Waals surface area contributed by atoms with Crippen LogP contribution in [-0.2, 0) is 4.79 Å². The number of hydrogen-bond acceptors (Lipinski definition) is 6. The smallest absolute Gasteiger partial charge is 0.335 e. The molecule has 3 aromatic rings. The van der Waals surface area contributed by atoms with E-state index in [1.165, 1.54) is 17.1 Å². The molecule has 0 atom stereocenters. The molecular weight excluding hydrogens is 396 g/mol. The molecule has 0 spiro atoms. The predicted molar refractivity (Wildman–Crippen MR) is 119 cm³/mol. The Balaban J connectivity index is 1.61. The van der Waals surface area contributed by atoms with Crippen molar-refractivity contribution in [3.63, 3.8) is 0 Å². The Morgan fingerprint density at radius 2 is 1.77 bits per heavy atom. The number of carboxylic acids is 1. The Morgan fingerprint density at radius 1 is 1.03 bits per heavy atom. The number of para-hydroxylation sites is 2. The minimum absolute atomic E-state index is 0.111. The lowest BCUT2D eigenvalue weighted by Crippen LogP contribution is -2.27. The fraction of sp³-hybridized carbons (Fsp3) is 0.0435. The molecule has 0 radical (unpaired) electrons. The molecule has 1 aliphatic heterocycles. The summed E-state index contributed by atoms with van der Waals surface area (Å²) in [4.78, 5) is 24.0. The van der Waals surface area contributed by atoms with Crippen LogP contribution in [0.15, 0.2) is 83.0 Å². The lowest BCUT2D eigenvalue weighted by Gasteiger charge is -2.11. The molecule has 8 nitrogen and oxygen atoms in total. The molecule has 1 amide bonds. The molecule has 0 unspecified atom stereocenters. The van der Waals surface area contributed by atoms with Crippen molar-refractivity contribution in [3.8, 4) is 16.9 Å². The van der Waals surface area contributed by atoms with Crippen molar-refractivity contribution in [3.05, 3.63) is 78.4 Å². The SMILES string of the molecule is CC1=NN(c2ccccc2)C(=O)C1=NNc1cccc(-c2cccc(C(=O)O)c2)c1O. The van der Waals surface area contributed by atoms with Crippen molar-refractivity contribution >= 4 is 34.7 Å². The summed E-state index contributed by atoms with van der Waals surface area (Å²) in [5.41, 5.74) is 5.27. The first kappa shape index (κ1) is 19.8. The highest BCUT2D eigenvalue weighted by atomic mass is 16.4. The molecule has 1 aliphatic rings. The number of nitrogens with zero attached hydrogens (tertiary/aromatic N) is 3. The lowest BCUT2D eigenvalue weighted by molar-refractivity contribution is -0.112. The third-order valence-electron chi connectivity index (χ3n) is 4.73. The molecule has 3 aromatic carbocycles. The quantitative estimate of drug-likeness (QED) is 0.432. The first-order chi connectivity index (χ1) is 15.0. The van der Waals surface area contributed by atoms with E-state index < -0.39 is 5.97 Å². The molecule has 31 heavy (non-hydrogen) atoms. The van der Waals surface area contributed by atoms with Crippen LogP contribution >= 0.6 is 0 Å². The van der Waals surface area contributed by atoms with Crippen molar-refractivity contribution in [2.75, 3.05) is 10.4 Å². The van der Waals surface area contributed by atoms with Gasteiger partial charge in [-0.15, -0.1) is 0 Å². The average molecular weight is 414 g/mol. The van der Waals surface area contributed by atoms with Gasteiger partial charge >= 0.3 is 11.9 Å². The molecule has 8 heteroatoms. The summed E-state index contributed by atoms with van der Waals surface area (Å²) in [7, 11) is 0. The summed E-state index contributed by atoms with van der Waals surface area (Å²) in [6.07, 6.45) is 0. The normalized spacial score (nSPS) is 14.6. The summed E-state index contributed by atoms with van der Waals surface area (Å²) < 4.78 is 0. The number of phenolic OH excluding ortho intramolecular Hbond substituents is 1.